The van der Waals surface area contributed by atoms with Crippen molar-refractivity contribution >= 4 is 5.97 Å². The van der Waals surface area contributed by atoms with E-state index in [4.69, 9.17) is 9.47 Å². The first-order chi connectivity index (χ1) is 16.6. The maximum absolute atomic E-state index is 13.7. The summed E-state index contributed by atoms with van der Waals surface area (Å²) < 4.78 is 12.2. The number of hydrogen-bond donors (Lipinski definition) is 1. The average molecular weight is 493 g/mol. The van der Waals surface area contributed by atoms with Crippen LogP contribution < -0.4 is 0 Å². The van der Waals surface area contributed by atoms with Gasteiger partial charge in [0.1, 0.15) is 31.9 Å². The van der Waals surface area contributed by atoms with E-state index in [1.165, 1.54) is 32.1 Å². The third-order valence-electron chi connectivity index (χ3n) is 11.4. The van der Waals surface area contributed by atoms with E-state index in [1.54, 1.807) is 0 Å². The normalized spacial score (nSPS) is 40.1. The molecule has 35 heavy (non-hydrogen) atoms. The lowest BCUT2D eigenvalue weighted by Gasteiger charge is -2.61. The van der Waals surface area contributed by atoms with Gasteiger partial charge in [-0.15, -0.1) is 0 Å². The van der Waals surface area contributed by atoms with Gasteiger partial charge in [0.2, 0.25) is 0 Å². The van der Waals surface area contributed by atoms with Crippen molar-refractivity contribution in [1.82, 2.24) is 0 Å². The SMILES string of the molecule is CC[N+](CC)(CC(O)COC(=O)[C@]1(C)CCC[C@@]2(C)[C@H]1CCC1CC(C(C)C)CC[C@@H]12)CC1CO1. The van der Waals surface area contributed by atoms with Crippen LogP contribution in [0.1, 0.15) is 92.9 Å². The number of ether oxygens (including phenoxy) is 2. The number of carbonyl (C=O) groups is 1. The first-order valence-corrected chi connectivity index (χ1v) is 14.9. The van der Waals surface area contributed by atoms with E-state index in [2.05, 4.69) is 41.5 Å². The fourth-order valence-electron chi connectivity index (χ4n) is 8.98. The van der Waals surface area contributed by atoms with Crippen LogP contribution in [0.15, 0.2) is 0 Å². The van der Waals surface area contributed by atoms with Crippen molar-refractivity contribution < 1.29 is 23.9 Å². The standard InChI is InChI=1S/C30H54NO4/c1-7-31(8-2,18-25-20-34-25)17-24(32)19-35-28(33)30(6)15-9-14-29(5)26-12-10-22(21(3)4)16-23(26)11-13-27(29)30/h21-27,32H,7-20H2,1-6H3/q+1/t22?,23?,24?,25?,26-,27+,29+,30+/m0/s1. The number of carbonyl (C=O) groups excluding carboxylic acids is 1. The summed E-state index contributed by atoms with van der Waals surface area (Å²) in [6.07, 6.45) is 9.51. The summed E-state index contributed by atoms with van der Waals surface area (Å²) >= 11 is 0. The number of aliphatic hydroxyl groups is 1. The topological polar surface area (TPSA) is 59.1 Å². The Kier molecular flexibility index (Phi) is 8.30. The second-order valence-corrected chi connectivity index (χ2v) is 13.6. The number of hydrogen-bond acceptors (Lipinski definition) is 4. The molecule has 202 valence electrons. The highest BCUT2D eigenvalue weighted by Crippen LogP contribution is 2.64. The van der Waals surface area contributed by atoms with Gasteiger partial charge < -0.3 is 19.1 Å². The Morgan fingerprint density at radius 1 is 1.11 bits per heavy atom. The highest BCUT2D eigenvalue weighted by Gasteiger charge is 2.59. The average Bonchev–Trinajstić information content (AvgIpc) is 3.65. The summed E-state index contributed by atoms with van der Waals surface area (Å²) in [5.74, 6) is 3.60. The lowest BCUT2D eigenvalue weighted by Crippen LogP contribution is -2.57. The molecule has 0 aromatic carbocycles. The number of epoxide rings is 1. The molecule has 0 spiro atoms. The summed E-state index contributed by atoms with van der Waals surface area (Å²) in [5, 5.41) is 10.9. The summed E-state index contributed by atoms with van der Waals surface area (Å²) in [7, 11) is 0. The van der Waals surface area contributed by atoms with Gasteiger partial charge in [0, 0.05) is 0 Å². The Hall–Kier alpha value is -0.650. The van der Waals surface area contributed by atoms with E-state index in [-0.39, 0.29) is 18.0 Å². The Morgan fingerprint density at radius 2 is 1.83 bits per heavy atom. The molecule has 3 aliphatic carbocycles. The van der Waals surface area contributed by atoms with Crippen molar-refractivity contribution in [2.24, 2.45) is 40.4 Å². The zero-order chi connectivity index (χ0) is 25.4. The van der Waals surface area contributed by atoms with E-state index in [0.717, 1.165) is 73.7 Å². The Labute approximate surface area is 214 Å². The van der Waals surface area contributed by atoms with E-state index < -0.39 is 11.5 Å². The third kappa shape index (κ3) is 5.48. The van der Waals surface area contributed by atoms with Crippen LogP contribution in [0.5, 0.6) is 0 Å². The monoisotopic (exact) mass is 492 g/mol. The number of likely N-dealkylation sites (N-methyl/N-ethyl adjacent to an activating group) is 1. The van der Waals surface area contributed by atoms with Crippen molar-refractivity contribution in [1.29, 1.82) is 0 Å². The predicted octanol–water partition coefficient (Wildman–Crippen LogP) is 5.44. The molecule has 4 unspecified atom stereocenters. The zero-order valence-electron chi connectivity index (χ0n) is 23.6. The van der Waals surface area contributed by atoms with Crippen LogP contribution in [0.3, 0.4) is 0 Å². The van der Waals surface area contributed by atoms with Gasteiger partial charge in [-0.2, -0.15) is 0 Å². The first kappa shape index (κ1) is 27.4. The molecule has 4 fully saturated rings. The fourth-order valence-corrected chi connectivity index (χ4v) is 8.98. The van der Waals surface area contributed by atoms with Gasteiger partial charge in [-0.05, 0) is 101 Å². The Balaban J connectivity index is 1.39. The van der Waals surface area contributed by atoms with Crippen LogP contribution in [0.4, 0.5) is 0 Å². The van der Waals surface area contributed by atoms with Crippen molar-refractivity contribution in [3.63, 3.8) is 0 Å². The molecule has 1 saturated heterocycles. The number of fused-ring (bicyclic) bond motifs is 3. The number of aliphatic hydroxyl groups excluding tert-OH is 1. The van der Waals surface area contributed by atoms with E-state index >= 15 is 0 Å². The molecule has 4 aliphatic rings. The second-order valence-electron chi connectivity index (χ2n) is 13.6. The number of quaternary nitrogens is 1. The Morgan fingerprint density at radius 3 is 2.46 bits per heavy atom. The van der Waals surface area contributed by atoms with Crippen LogP contribution in [0.2, 0.25) is 0 Å². The maximum Gasteiger partial charge on any atom is 0.312 e. The first-order valence-electron chi connectivity index (χ1n) is 14.9. The van der Waals surface area contributed by atoms with Crippen LogP contribution >= 0.6 is 0 Å². The molecule has 4 rings (SSSR count). The van der Waals surface area contributed by atoms with Crippen molar-refractivity contribution in [2.75, 3.05) is 39.4 Å². The molecule has 5 nitrogen and oxygen atoms in total. The summed E-state index contributed by atoms with van der Waals surface area (Å²) in [6.45, 7) is 18.3. The lowest BCUT2D eigenvalue weighted by molar-refractivity contribution is -0.928. The molecule has 1 aliphatic heterocycles. The third-order valence-corrected chi connectivity index (χ3v) is 11.4. The molecule has 5 heteroatoms. The summed E-state index contributed by atoms with van der Waals surface area (Å²) in [6, 6.07) is 0. The molecule has 0 radical (unpaired) electrons. The fraction of sp³-hybridized carbons (Fsp3) is 0.967. The smallest absolute Gasteiger partial charge is 0.312 e. The molecule has 1 heterocycles. The molecule has 0 aromatic rings. The number of esters is 1. The lowest BCUT2D eigenvalue weighted by atomic mass is 9.43. The molecule has 0 aromatic heterocycles. The molecule has 1 N–H and O–H groups in total. The van der Waals surface area contributed by atoms with E-state index in [9.17, 15) is 9.90 Å². The maximum atomic E-state index is 13.7. The van der Waals surface area contributed by atoms with Gasteiger partial charge in [-0.25, -0.2) is 0 Å². The zero-order valence-corrected chi connectivity index (χ0v) is 23.6. The molecular weight excluding hydrogens is 438 g/mol. The van der Waals surface area contributed by atoms with Gasteiger partial charge in [0.25, 0.3) is 0 Å². The minimum absolute atomic E-state index is 0.0570. The Bertz CT molecular complexity index is 732. The summed E-state index contributed by atoms with van der Waals surface area (Å²) in [5.41, 5.74) is -0.174. The van der Waals surface area contributed by atoms with Crippen LogP contribution in [0.25, 0.3) is 0 Å². The highest BCUT2D eigenvalue weighted by molar-refractivity contribution is 5.77. The minimum Gasteiger partial charge on any atom is -0.462 e. The second kappa shape index (κ2) is 10.6. The van der Waals surface area contributed by atoms with E-state index in [0.29, 0.717) is 18.6 Å². The van der Waals surface area contributed by atoms with Gasteiger partial charge in [0.05, 0.1) is 25.1 Å². The van der Waals surface area contributed by atoms with Gasteiger partial charge in [-0.3, -0.25) is 4.79 Å². The van der Waals surface area contributed by atoms with Crippen LogP contribution in [-0.2, 0) is 14.3 Å². The summed E-state index contributed by atoms with van der Waals surface area (Å²) in [4.78, 5) is 13.7. The van der Waals surface area contributed by atoms with Crippen molar-refractivity contribution in [3.8, 4) is 0 Å². The van der Waals surface area contributed by atoms with Crippen LogP contribution in [0, 0.1) is 40.4 Å². The highest BCUT2D eigenvalue weighted by atomic mass is 16.6. The largest absolute Gasteiger partial charge is 0.462 e. The van der Waals surface area contributed by atoms with Crippen molar-refractivity contribution in [3.05, 3.63) is 0 Å². The van der Waals surface area contributed by atoms with Gasteiger partial charge >= 0.3 is 5.97 Å². The quantitative estimate of drug-likeness (QED) is 0.251. The van der Waals surface area contributed by atoms with Gasteiger partial charge in [0.15, 0.2) is 0 Å². The minimum atomic E-state index is -0.627. The predicted molar refractivity (Wildman–Crippen MR) is 140 cm³/mol. The molecule has 0 bridgehead atoms. The van der Waals surface area contributed by atoms with Crippen LogP contribution in [-0.4, -0.2) is 67.2 Å². The molecular formula is C30H54NO4+. The van der Waals surface area contributed by atoms with E-state index in [1.807, 2.05) is 0 Å². The number of nitrogens with zero attached hydrogens (tertiary/aromatic N) is 1. The number of rotatable bonds is 10. The molecule has 8 atom stereocenters. The molecule has 0 amide bonds. The van der Waals surface area contributed by atoms with Crippen molar-refractivity contribution in [2.45, 2.75) is 105 Å². The van der Waals surface area contributed by atoms with Gasteiger partial charge in [-0.1, -0.05) is 27.2 Å². The molecule has 3 saturated carbocycles.